The monoisotopic (exact) mass is 310 g/mol. The number of benzene rings is 1. The minimum atomic E-state index is -1.30. The summed E-state index contributed by atoms with van der Waals surface area (Å²) in [6, 6.07) is 6.79. The molecular weight excluding hydrogens is 302 g/mol. The number of rotatable bonds is 4. The van der Waals surface area contributed by atoms with E-state index in [0.29, 0.717) is 5.02 Å². The molecule has 104 valence electrons. The average molecular weight is 311 g/mol. The van der Waals surface area contributed by atoms with Crippen LogP contribution in [-0.2, 0) is 9.59 Å². The van der Waals surface area contributed by atoms with Crippen LogP contribution >= 0.6 is 23.4 Å². The SMILES string of the molecule is O=C([O-])CCN1C(=O)S/C(=C\c2ccc(Cl)cc2)C1=O. The Morgan fingerprint density at radius 2 is 1.95 bits per heavy atom. The Bertz CT molecular complexity index is 597. The number of thioether (sulfide) groups is 1. The molecule has 0 N–H and O–H groups in total. The normalized spacial score (nSPS) is 17.1. The molecule has 0 radical (unpaired) electrons. The van der Waals surface area contributed by atoms with Crippen molar-refractivity contribution in [3.05, 3.63) is 39.8 Å². The third-order valence-electron chi connectivity index (χ3n) is 2.58. The molecule has 0 aromatic heterocycles. The van der Waals surface area contributed by atoms with Gasteiger partial charge in [-0.05, 0) is 35.5 Å². The fourth-order valence-corrected chi connectivity index (χ4v) is 2.60. The van der Waals surface area contributed by atoms with Crippen molar-refractivity contribution in [2.45, 2.75) is 6.42 Å². The maximum atomic E-state index is 12.0. The topological polar surface area (TPSA) is 77.5 Å². The molecule has 1 heterocycles. The second kappa shape index (κ2) is 6.11. The number of aliphatic carboxylic acids is 1. The minimum absolute atomic E-state index is 0.176. The van der Waals surface area contributed by atoms with Crippen LogP contribution in [0, 0.1) is 0 Å². The average Bonchev–Trinajstić information content (AvgIpc) is 2.65. The smallest absolute Gasteiger partial charge is 0.293 e. The number of carbonyl (C=O) groups excluding carboxylic acids is 3. The number of carboxylic acid groups (broad SMARTS) is 1. The van der Waals surface area contributed by atoms with E-state index in [4.69, 9.17) is 11.6 Å². The van der Waals surface area contributed by atoms with Crippen molar-refractivity contribution in [3.63, 3.8) is 0 Å². The maximum absolute atomic E-state index is 12.0. The van der Waals surface area contributed by atoms with Crippen LogP contribution in [0.4, 0.5) is 4.79 Å². The summed E-state index contributed by atoms with van der Waals surface area (Å²) in [7, 11) is 0. The van der Waals surface area contributed by atoms with Crippen molar-refractivity contribution in [1.82, 2.24) is 4.90 Å². The minimum Gasteiger partial charge on any atom is -0.550 e. The summed E-state index contributed by atoms with van der Waals surface area (Å²) in [5.74, 6) is -1.79. The van der Waals surface area contributed by atoms with Crippen LogP contribution in [0.1, 0.15) is 12.0 Å². The molecular formula is C13H9ClNO4S-. The molecule has 5 nitrogen and oxygen atoms in total. The van der Waals surface area contributed by atoms with Gasteiger partial charge in [-0.15, -0.1) is 0 Å². The van der Waals surface area contributed by atoms with Crippen molar-refractivity contribution in [1.29, 1.82) is 0 Å². The van der Waals surface area contributed by atoms with E-state index in [-0.39, 0.29) is 17.9 Å². The Labute approximate surface area is 124 Å². The Hall–Kier alpha value is -1.79. The standard InChI is InChI=1S/C13H10ClNO4S/c14-9-3-1-8(2-4-9)7-10-12(18)15(13(19)20-10)6-5-11(16)17/h1-4,7H,5-6H2,(H,16,17)/p-1/b10-7-. The van der Waals surface area contributed by atoms with Gasteiger partial charge in [0.05, 0.1) is 4.91 Å². The van der Waals surface area contributed by atoms with Gasteiger partial charge in [0.25, 0.3) is 11.1 Å². The zero-order valence-corrected chi connectivity index (χ0v) is 11.7. The van der Waals surface area contributed by atoms with Gasteiger partial charge in [-0.1, -0.05) is 23.7 Å². The summed E-state index contributed by atoms with van der Waals surface area (Å²) in [6.07, 6.45) is 1.20. The second-order valence-corrected chi connectivity index (χ2v) is 5.44. The van der Waals surface area contributed by atoms with Gasteiger partial charge in [-0.2, -0.15) is 0 Å². The molecule has 2 rings (SSSR count). The summed E-state index contributed by atoms with van der Waals surface area (Å²) in [4.78, 5) is 35.2. The van der Waals surface area contributed by atoms with Gasteiger partial charge >= 0.3 is 0 Å². The van der Waals surface area contributed by atoms with Crippen LogP contribution in [-0.4, -0.2) is 28.6 Å². The van der Waals surface area contributed by atoms with Gasteiger partial charge < -0.3 is 9.90 Å². The zero-order chi connectivity index (χ0) is 14.7. The Morgan fingerprint density at radius 1 is 1.30 bits per heavy atom. The quantitative estimate of drug-likeness (QED) is 0.788. The molecule has 1 saturated heterocycles. The number of hydrogen-bond acceptors (Lipinski definition) is 5. The lowest BCUT2D eigenvalue weighted by Crippen LogP contribution is -2.33. The highest BCUT2D eigenvalue weighted by molar-refractivity contribution is 8.18. The van der Waals surface area contributed by atoms with E-state index in [2.05, 4.69) is 0 Å². The van der Waals surface area contributed by atoms with E-state index in [0.717, 1.165) is 22.2 Å². The molecule has 2 amide bonds. The van der Waals surface area contributed by atoms with Gasteiger partial charge in [0.1, 0.15) is 0 Å². The van der Waals surface area contributed by atoms with Crippen molar-refractivity contribution in [2.24, 2.45) is 0 Å². The van der Waals surface area contributed by atoms with Crippen LogP contribution in [0.2, 0.25) is 5.02 Å². The first kappa shape index (κ1) is 14.6. The molecule has 0 spiro atoms. The molecule has 7 heteroatoms. The van der Waals surface area contributed by atoms with Gasteiger partial charge in [0.15, 0.2) is 0 Å². The highest BCUT2D eigenvalue weighted by Crippen LogP contribution is 2.32. The number of imide groups is 1. The van der Waals surface area contributed by atoms with Gasteiger partial charge in [-0.25, -0.2) is 0 Å². The van der Waals surface area contributed by atoms with Gasteiger partial charge in [-0.3, -0.25) is 14.5 Å². The van der Waals surface area contributed by atoms with Crippen LogP contribution < -0.4 is 5.11 Å². The van der Waals surface area contributed by atoms with Crippen LogP contribution in [0.5, 0.6) is 0 Å². The van der Waals surface area contributed by atoms with Crippen LogP contribution in [0.25, 0.3) is 6.08 Å². The predicted molar refractivity (Wildman–Crippen MR) is 73.8 cm³/mol. The number of nitrogens with zero attached hydrogens (tertiary/aromatic N) is 1. The molecule has 1 aromatic carbocycles. The Kier molecular flexibility index (Phi) is 4.46. The molecule has 1 aliphatic rings. The summed E-state index contributed by atoms with van der Waals surface area (Å²) in [5.41, 5.74) is 0.736. The molecule has 0 saturated carbocycles. The van der Waals surface area contributed by atoms with E-state index in [1.54, 1.807) is 30.3 Å². The fourth-order valence-electron chi connectivity index (χ4n) is 1.61. The van der Waals surface area contributed by atoms with E-state index in [1.807, 2.05) is 0 Å². The number of amides is 2. The molecule has 0 atom stereocenters. The number of hydrogen-bond donors (Lipinski definition) is 0. The Balaban J connectivity index is 2.14. The lowest BCUT2D eigenvalue weighted by atomic mass is 10.2. The van der Waals surface area contributed by atoms with Crippen molar-refractivity contribution in [3.8, 4) is 0 Å². The van der Waals surface area contributed by atoms with E-state index in [1.165, 1.54) is 0 Å². The number of halogens is 1. The van der Waals surface area contributed by atoms with Gasteiger partial charge in [0.2, 0.25) is 0 Å². The first-order valence-corrected chi connectivity index (χ1v) is 6.87. The fraction of sp³-hybridized carbons (Fsp3) is 0.154. The van der Waals surface area contributed by atoms with E-state index < -0.39 is 17.1 Å². The molecule has 0 aliphatic carbocycles. The largest absolute Gasteiger partial charge is 0.550 e. The van der Waals surface area contributed by atoms with Crippen molar-refractivity contribution < 1.29 is 19.5 Å². The van der Waals surface area contributed by atoms with Crippen LogP contribution in [0.3, 0.4) is 0 Å². The summed E-state index contributed by atoms with van der Waals surface area (Å²) in [6.45, 7) is -0.176. The first-order valence-electron chi connectivity index (χ1n) is 5.68. The third kappa shape index (κ3) is 3.40. The first-order chi connectivity index (χ1) is 9.47. The molecule has 1 aliphatic heterocycles. The molecule has 1 aromatic rings. The zero-order valence-electron chi connectivity index (χ0n) is 10.2. The molecule has 20 heavy (non-hydrogen) atoms. The summed E-state index contributed by atoms with van der Waals surface area (Å²) >= 11 is 6.54. The van der Waals surface area contributed by atoms with E-state index >= 15 is 0 Å². The predicted octanol–water partition coefficient (Wildman–Crippen LogP) is 1.52. The highest BCUT2D eigenvalue weighted by Gasteiger charge is 2.34. The van der Waals surface area contributed by atoms with Crippen molar-refractivity contribution in [2.75, 3.05) is 6.54 Å². The highest BCUT2D eigenvalue weighted by atomic mass is 35.5. The summed E-state index contributed by atoms with van der Waals surface area (Å²) < 4.78 is 0. The maximum Gasteiger partial charge on any atom is 0.293 e. The third-order valence-corrected chi connectivity index (χ3v) is 3.74. The Morgan fingerprint density at radius 3 is 2.55 bits per heavy atom. The number of carboxylic acids is 1. The molecule has 1 fully saturated rings. The lowest BCUT2D eigenvalue weighted by Gasteiger charge is -2.12. The summed E-state index contributed by atoms with van der Waals surface area (Å²) in [5, 5.41) is 10.5. The molecule has 0 unspecified atom stereocenters. The van der Waals surface area contributed by atoms with E-state index in [9.17, 15) is 19.5 Å². The van der Waals surface area contributed by atoms with Gasteiger partial charge in [0, 0.05) is 24.0 Å². The second-order valence-electron chi connectivity index (χ2n) is 4.01. The lowest BCUT2D eigenvalue weighted by molar-refractivity contribution is -0.305. The number of carbonyl (C=O) groups is 3. The molecule has 0 bridgehead atoms. The van der Waals surface area contributed by atoms with Crippen LogP contribution in [0.15, 0.2) is 29.2 Å². The van der Waals surface area contributed by atoms with Crippen molar-refractivity contribution >= 4 is 46.6 Å².